The lowest BCUT2D eigenvalue weighted by Crippen LogP contribution is -2.54. The number of benzene rings is 1. The highest BCUT2D eigenvalue weighted by molar-refractivity contribution is 7.92. The molecule has 0 saturated carbocycles. The summed E-state index contributed by atoms with van der Waals surface area (Å²) in [4.78, 5) is 32.8. The molecule has 1 aliphatic heterocycles. The molecule has 3 rings (SSSR count). The Morgan fingerprint density at radius 3 is 2.44 bits per heavy atom. The highest BCUT2D eigenvalue weighted by Crippen LogP contribution is 2.50. The van der Waals surface area contributed by atoms with Gasteiger partial charge in [-0.3, -0.25) is 4.79 Å². The van der Waals surface area contributed by atoms with Crippen LogP contribution in [0.3, 0.4) is 0 Å². The number of aromatic nitrogens is 1. The summed E-state index contributed by atoms with van der Waals surface area (Å²) in [6.07, 6.45) is 1.47. The van der Waals surface area contributed by atoms with E-state index in [0.717, 1.165) is 5.56 Å². The molecule has 1 aromatic heterocycles. The lowest BCUT2D eigenvalue weighted by Gasteiger charge is -2.38. The first kappa shape index (κ1) is 28.1. The van der Waals surface area contributed by atoms with Gasteiger partial charge < -0.3 is 14.7 Å². The third-order valence-electron chi connectivity index (χ3n) is 6.82. The number of aliphatic carboxylic acids is 1. The van der Waals surface area contributed by atoms with Gasteiger partial charge in [-0.1, -0.05) is 47.6 Å². The maximum atomic E-state index is 14.2. The second kappa shape index (κ2) is 10.1. The molecule has 1 aliphatic rings. The van der Waals surface area contributed by atoms with Crippen LogP contribution in [0.15, 0.2) is 29.8 Å². The van der Waals surface area contributed by atoms with Crippen molar-refractivity contribution in [2.45, 2.75) is 76.6 Å². The van der Waals surface area contributed by atoms with Crippen LogP contribution in [0.1, 0.15) is 81.4 Å². The van der Waals surface area contributed by atoms with Gasteiger partial charge in [0.25, 0.3) is 5.91 Å². The number of carbonyl (C=O) groups is 2. The Bertz CT molecular complexity index is 1220. The molecular formula is C26H36N2O6S2. The minimum absolute atomic E-state index is 0.103. The van der Waals surface area contributed by atoms with Gasteiger partial charge in [0, 0.05) is 29.3 Å². The van der Waals surface area contributed by atoms with E-state index >= 15 is 0 Å². The Labute approximate surface area is 217 Å². The fourth-order valence-corrected chi connectivity index (χ4v) is 7.68. The number of methoxy groups -OCH3 is 1. The number of hydrogen-bond donors (Lipinski definition) is 1. The molecule has 1 N–H and O–H groups in total. The molecule has 1 aromatic carbocycles. The molecule has 2 aromatic rings. The topological polar surface area (TPSA) is 114 Å². The van der Waals surface area contributed by atoms with E-state index in [4.69, 9.17) is 4.74 Å². The third kappa shape index (κ3) is 5.02. The number of sulfone groups is 1. The Hall–Kier alpha value is -2.46. The van der Waals surface area contributed by atoms with E-state index < -0.39 is 38.5 Å². The number of likely N-dealkylation sites (tertiary alicyclic amines) is 1. The lowest BCUT2D eigenvalue weighted by atomic mass is 9.84. The van der Waals surface area contributed by atoms with Crippen LogP contribution in [0.4, 0.5) is 0 Å². The molecule has 2 heterocycles. The molecule has 1 amide bonds. The summed E-state index contributed by atoms with van der Waals surface area (Å²) in [6.45, 7) is 11.4. The van der Waals surface area contributed by atoms with Crippen LogP contribution in [0.25, 0.3) is 0 Å². The van der Waals surface area contributed by atoms with Gasteiger partial charge in [0.1, 0.15) is 22.3 Å². The van der Waals surface area contributed by atoms with Crippen LogP contribution >= 0.6 is 11.3 Å². The third-order valence-corrected chi connectivity index (χ3v) is 9.82. The number of amides is 1. The molecule has 0 unspecified atom stereocenters. The summed E-state index contributed by atoms with van der Waals surface area (Å²) in [5.41, 5.74) is -0.806. The maximum absolute atomic E-state index is 14.2. The van der Waals surface area contributed by atoms with Crippen molar-refractivity contribution in [3.63, 3.8) is 0 Å². The van der Waals surface area contributed by atoms with Gasteiger partial charge in [-0.25, -0.2) is 18.2 Å². The van der Waals surface area contributed by atoms with Crippen molar-refractivity contribution < 1.29 is 27.9 Å². The average Bonchev–Trinajstić information content (AvgIpc) is 3.44. The van der Waals surface area contributed by atoms with Gasteiger partial charge in [-0.05, 0) is 35.4 Å². The molecular weight excluding hydrogens is 500 g/mol. The van der Waals surface area contributed by atoms with Crippen molar-refractivity contribution in [2.75, 3.05) is 12.9 Å². The van der Waals surface area contributed by atoms with Gasteiger partial charge in [-0.15, -0.1) is 11.3 Å². The van der Waals surface area contributed by atoms with Crippen LogP contribution in [0.5, 0.6) is 5.75 Å². The normalized spacial score (nSPS) is 22.7. The second-order valence-electron chi connectivity index (χ2n) is 10.8. The van der Waals surface area contributed by atoms with Crippen molar-refractivity contribution in [1.82, 2.24) is 9.88 Å². The summed E-state index contributed by atoms with van der Waals surface area (Å²) >= 11 is 1.22. The van der Waals surface area contributed by atoms with E-state index in [-0.39, 0.29) is 35.5 Å². The SMILES string of the molecule is CCS(=O)(=O)[C@@H]1C[C@@](CC(C)C)(C(=O)O)N(C(=O)c2ccc(C(C)(C)C)c(OC)c2)[C@H]1c1nccs1. The zero-order valence-electron chi connectivity index (χ0n) is 21.9. The number of rotatable bonds is 8. The number of carbonyl (C=O) groups excluding carboxylic acids is 1. The molecule has 1 saturated heterocycles. The van der Waals surface area contributed by atoms with Crippen LogP contribution in [0.2, 0.25) is 0 Å². The molecule has 10 heteroatoms. The van der Waals surface area contributed by atoms with Crippen LogP contribution < -0.4 is 4.74 Å². The van der Waals surface area contributed by atoms with E-state index in [9.17, 15) is 23.1 Å². The minimum Gasteiger partial charge on any atom is -0.496 e. The standard InChI is InChI=1S/C26H36N2O6S2/c1-8-36(32,33)20-15-26(24(30)31,14-16(2)3)28(21(20)22-27-11-12-35-22)23(29)17-9-10-18(25(4,5)6)19(13-17)34-7/h9-13,16,20-21H,8,14-15H2,1-7H3,(H,30,31)/t20-,21-,26+/m1/s1. The molecule has 0 aliphatic carbocycles. The number of ether oxygens (including phenoxy) is 1. The van der Waals surface area contributed by atoms with E-state index in [1.165, 1.54) is 23.3 Å². The van der Waals surface area contributed by atoms with Crippen molar-refractivity contribution in [3.05, 3.63) is 45.9 Å². The number of carboxylic acid groups (broad SMARTS) is 1. The van der Waals surface area contributed by atoms with Gasteiger partial charge in [0.15, 0.2) is 9.84 Å². The molecule has 198 valence electrons. The maximum Gasteiger partial charge on any atom is 0.329 e. The summed E-state index contributed by atoms with van der Waals surface area (Å²) in [7, 11) is -2.19. The Balaban J connectivity index is 2.29. The van der Waals surface area contributed by atoms with E-state index in [0.29, 0.717) is 10.8 Å². The smallest absolute Gasteiger partial charge is 0.329 e. The summed E-state index contributed by atoms with van der Waals surface area (Å²) < 4.78 is 32.2. The van der Waals surface area contributed by atoms with Gasteiger partial charge >= 0.3 is 5.97 Å². The predicted molar refractivity (Wildman–Crippen MR) is 140 cm³/mol. The van der Waals surface area contributed by atoms with Crippen LogP contribution in [-0.2, 0) is 20.0 Å². The van der Waals surface area contributed by atoms with Crippen LogP contribution in [-0.4, -0.2) is 58.9 Å². The Morgan fingerprint density at radius 1 is 1.31 bits per heavy atom. The summed E-state index contributed by atoms with van der Waals surface area (Å²) in [6, 6.07) is 4.08. The number of carboxylic acids is 1. The molecule has 3 atom stereocenters. The van der Waals surface area contributed by atoms with Crippen molar-refractivity contribution in [1.29, 1.82) is 0 Å². The van der Waals surface area contributed by atoms with Crippen LogP contribution in [0, 0.1) is 5.92 Å². The van der Waals surface area contributed by atoms with Gasteiger partial charge in [-0.2, -0.15) is 0 Å². The fourth-order valence-electron chi connectivity index (χ4n) is 5.20. The van der Waals surface area contributed by atoms with Gasteiger partial charge in [0.2, 0.25) is 0 Å². The van der Waals surface area contributed by atoms with Crippen molar-refractivity contribution in [2.24, 2.45) is 5.92 Å². The fraction of sp³-hybridized carbons (Fsp3) is 0.577. The average molecular weight is 537 g/mol. The van der Waals surface area contributed by atoms with Gasteiger partial charge in [0.05, 0.1) is 12.4 Å². The number of thiazole rings is 1. The number of hydrogen-bond acceptors (Lipinski definition) is 7. The molecule has 36 heavy (non-hydrogen) atoms. The Morgan fingerprint density at radius 2 is 1.97 bits per heavy atom. The number of nitrogens with zero attached hydrogens (tertiary/aromatic N) is 2. The van der Waals surface area contributed by atoms with Crippen molar-refractivity contribution >= 4 is 33.1 Å². The zero-order chi connectivity index (χ0) is 27.1. The summed E-state index contributed by atoms with van der Waals surface area (Å²) in [5.74, 6) is -1.51. The molecule has 0 bridgehead atoms. The van der Waals surface area contributed by atoms with E-state index in [1.54, 1.807) is 30.6 Å². The first-order valence-electron chi connectivity index (χ1n) is 12.1. The zero-order valence-corrected chi connectivity index (χ0v) is 23.6. The summed E-state index contributed by atoms with van der Waals surface area (Å²) in [5, 5.41) is 11.6. The monoisotopic (exact) mass is 536 g/mol. The Kier molecular flexibility index (Phi) is 7.91. The first-order chi connectivity index (χ1) is 16.7. The molecule has 0 radical (unpaired) electrons. The quantitative estimate of drug-likeness (QED) is 0.520. The largest absolute Gasteiger partial charge is 0.496 e. The van der Waals surface area contributed by atoms with E-state index in [1.807, 2.05) is 40.7 Å². The minimum atomic E-state index is -3.72. The van der Waals surface area contributed by atoms with E-state index in [2.05, 4.69) is 4.98 Å². The molecule has 1 fully saturated rings. The highest BCUT2D eigenvalue weighted by Gasteiger charge is 2.62. The predicted octanol–water partition coefficient (Wildman–Crippen LogP) is 4.71. The first-order valence-corrected chi connectivity index (χ1v) is 14.7. The molecule has 0 spiro atoms. The molecule has 8 nitrogen and oxygen atoms in total. The lowest BCUT2D eigenvalue weighted by molar-refractivity contribution is -0.150. The van der Waals surface area contributed by atoms with Crippen molar-refractivity contribution in [3.8, 4) is 5.75 Å². The highest BCUT2D eigenvalue weighted by atomic mass is 32.2. The second-order valence-corrected chi connectivity index (χ2v) is 14.2.